The second kappa shape index (κ2) is 5.92. The molecule has 0 saturated carbocycles. The second-order valence-corrected chi connectivity index (χ2v) is 5.49. The van der Waals surface area contributed by atoms with Crippen molar-refractivity contribution in [3.8, 4) is 0 Å². The molecular formula is C14H10F2O3S. The molecule has 104 valence electrons. The summed E-state index contributed by atoms with van der Waals surface area (Å²) in [6, 6.07) is 8.58. The molecule has 1 unspecified atom stereocenters. The first-order chi connectivity index (χ1) is 9.47. The molecule has 0 amide bonds. The molecule has 0 aliphatic carbocycles. The van der Waals surface area contributed by atoms with Crippen LogP contribution in [0, 0.1) is 11.6 Å². The Morgan fingerprint density at radius 2 is 1.90 bits per heavy atom. The summed E-state index contributed by atoms with van der Waals surface area (Å²) in [4.78, 5) is 10.6. The van der Waals surface area contributed by atoms with Crippen molar-refractivity contribution in [1.29, 1.82) is 0 Å². The Kier molecular flexibility index (Phi) is 4.24. The maximum Gasteiger partial charge on any atom is 0.335 e. The van der Waals surface area contributed by atoms with Gasteiger partial charge in [0.2, 0.25) is 0 Å². The molecule has 2 aromatic carbocycles. The molecule has 0 aromatic heterocycles. The van der Waals surface area contributed by atoms with Crippen molar-refractivity contribution in [2.75, 3.05) is 0 Å². The van der Waals surface area contributed by atoms with Gasteiger partial charge in [0.05, 0.1) is 27.0 Å². The first-order valence-corrected chi connectivity index (χ1v) is 6.95. The Hall–Kier alpha value is -2.08. The molecule has 2 rings (SSSR count). The van der Waals surface area contributed by atoms with E-state index in [1.807, 2.05) is 0 Å². The molecule has 20 heavy (non-hydrogen) atoms. The van der Waals surface area contributed by atoms with Crippen LogP contribution in [0.15, 0.2) is 47.4 Å². The minimum absolute atomic E-state index is 0.0856. The number of carboxylic acid groups (broad SMARTS) is 1. The maximum atomic E-state index is 13.6. The van der Waals surface area contributed by atoms with E-state index >= 15 is 0 Å². The van der Waals surface area contributed by atoms with Crippen molar-refractivity contribution in [2.45, 2.75) is 10.6 Å². The van der Waals surface area contributed by atoms with E-state index in [-0.39, 0.29) is 16.2 Å². The normalized spacial score (nSPS) is 12.1. The summed E-state index contributed by atoms with van der Waals surface area (Å²) >= 11 is 0. The van der Waals surface area contributed by atoms with Crippen molar-refractivity contribution < 1.29 is 22.9 Å². The predicted molar refractivity (Wildman–Crippen MR) is 69.9 cm³/mol. The van der Waals surface area contributed by atoms with E-state index < -0.39 is 28.4 Å². The second-order valence-electron chi connectivity index (χ2n) is 4.07. The molecule has 0 saturated heterocycles. The largest absolute Gasteiger partial charge is 0.478 e. The van der Waals surface area contributed by atoms with Gasteiger partial charge in [0, 0.05) is 0 Å². The van der Waals surface area contributed by atoms with E-state index in [9.17, 15) is 17.8 Å². The molecule has 3 nitrogen and oxygen atoms in total. The third-order valence-electron chi connectivity index (χ3n) is 2.61. The quantitative estimate of drug-likeness (QED) is 0.943. The third kappa shape index (κ3) is 3.27. The molecule has 0 bridgehead atoms. The van der Waals surface area contributed by atoms with E-state index in [0.29, 0.717) is 5.56 Å². The summed E-state index contributed by atoms with van der Waals surface area (Å²) in [6.07, 6.45) is 0. The minimum Gasteiger partial charge on any atom is -0.478 e. The topological polar surface area (TPSA) is 54.4 Å². The Labute approximate surface area is 116 Å². The van der Waals surface area contributed by atoms with Gasteiger partial charge < -0.3 is 5.11 Å². The molecule has 1 atom stereocenters. The molecule has 6 heteroatoms. The summed E-state index contributed by atoms with van der Waals surface area (Å²) in [5, 5.41) is 8.84. The molecule has 0 fully saturated rings. The highest BCUT2D eigenvalue weighted by atomic mass is 32.2. The lowest BCUT2D eigenvalue weighted by Crippen LogP contribution is -2.03. The smallest absolute Gasteiger partial charge is 0.335 e. The van der Waals surface area contributed by atoms with Crippen molar-refractivity contribution in [1.82, 2.24) is 0 Å². The minimum atomic E-state index is -1.79. The van der Waals surface area contributed by atoms with Crippen LogP contribution in [0.5, 0.6) is 0 Å². The fourth-order valence-electron chi connectivity index (χ4n) is 1.67. The zero-order chi connectivity index (χ0) is 14.7. The Balaban J connectivity index is 2.29. The average molecular weight is 296 g/mol. The van der Waals surface area contributed by atoms with Crippen molar-refractivity contribution in [3.63, 3.8) is 0 Å². The molecule has 0 spiro atoms. The van der Waals surface area contributed by atoms with Crippen LogP contribution >= 0.6 is 0 Å². The van der Waals surface area contributed by atoms with Crippen molar-refractivity contribution >= 4 is 16.8 Å². The number of aromatic carboxylic acids is 1. The molecule has 0 aliphatic heterocycles. The summed E-state index contributed by atoms with van der Waals surface area (Å²) in [6.45, 7) is 0. The standard InChI is InChI=1S/C14H10F2O3S/c15-11-3-1-2-9(6-11)8-20(19)13-7-10(14(17)18)4-5-12(13)16/h1-7H,8H2,(H,17,18). The predicted octanol–water partition coefficient (Wildman–Crippen LogP) is 2.97. The average Bonchev–Trinajstić information content (AvgIpc) is 2.38. The fourth-order valence-corrected chi connectivity index (χ4v) is 2.85. The lowest BCUT2D eigenvalue weighted by atomic mass is 10.2. The van der Waals surface area contributed by atoms with Crippen LogP contribution in [0.2, 0.25) is 0 Å². The zero-order valence-corrected chi connectivity index (χ0v) is 11.0. The highest BCUT2D eigenvalue weighted by Gasteiger charge is 2.14. The number of hydrogen-bond acceptors (Lipinski definition) is 2. The lowest BCUT2D eigenvalue weighted by molar-refractivity contribution is 0.0696. The van der Waals surface area contributed by atoms with Gasteiger partial charge in [-0.3, -0.25) is 4.21 Å². The van der Waals surface area contributed by atoms with Gasteiger partial charge >= 0.3 is 5.97 Å². The molecule has 0 aliphatic rings. The van der Waals surface area contributed by atoms with E-state index in [4.69, 9.17) is 5.11 Å². The summed E-state index contributed by atoms with van der Waals surface area (Å²) < 4.78 is 38.7. The van der Waals surface area contributed by atoms with E-state index in [0.717, 1.165) is 18.2 Å². The Morgan fingerprint density at radius 1 is 1.15 bits per heavy atom. The van der Waals surface area contributed by atoms with Crippen LogP contribution < -0.4 is 0 Å². The van der Waals surface area contributed by atoms with Gasteiger partial charge in [-0.1, -0.05) is 12.1 Å². The molecule has 2 aromatic rings. The van der Waals surface area contributed by atoms with Gasteiger partial charge in [0.25, 0.3) is 0 Å². The fraction of sp³-hybridized carbons (Fsp3) is 0.0714. The van der Waals surface area contributed by atoms with E-state index in [1.165, 1.54) is 18.2 Å². The van der Waals surface area contributed by atoms with Gasteiger partial charge in [0.15, 0.2) is 0 Å². The molecular weight excluding hydrogens is 286 g/mol. The maximum absolute atomic E-state index is 13.6. The number of carboxylic acids is 1. The van der Waals surface area contributed by atoms with Crippen LogP contribution in [0.3, 0.4) is 0 Å². The van der Waals surface area contributed by atoms with Gasteiger partial charge in [-0.05, 0) is 35.9 Å². The van der Waals surface area contributed by atoms with Crippen LogP contribution in [-0.4, -0.2) is 15.3 Å². The van der Waals surface area contributed by atoms with Crippen LogP contribution in [-0.2, 0) is 16.6 Å². The highest BCUT2D eigenvalue weighted by molar-refractivity contribution is 7.84. The zero-order valence-electron chi connectivity index (χ0n) is 10.2. The molecule has 1 N–H and O–H groups in total. The van der Waals surface area contributed by atoms with Crippen molar-refractivity contribution in [3.05, 3.63) is 65.2 Å². The monoisotopic (exact) mass is 296 g/mol. The highest BCUT2D eigenvalue weighted by Crippen LogP contribution is 2.18. The third-order valence-corrected chi connectivity index (χ3v) is 4.01. The first-order valence-electron chi connectivity index (χ1n) is 5.63. The number of carbonyl (C=O) groups is 1. The Bertz CT molecular complexity index is 686. The number of hydrogen-bond donors (Lipinski definition) is 1. The van der Waals surface area contributed by atoms with Gasteiger partial charge in [-0.25, -0.2) is 13.6 Å². The summed E-state index contributed by atoms with van der Waals surface area (Å²) in [7, 11) is -1.79. The van der Waals surface area contributed by atoms with Crippen LogP contribution in [0.25, 0.3) is 0 Å². The molecule has 0 heterocycles. The lowest BCUT2D eigenvalue weighted by Gasteiger charge is -2.05. The van der Waals surface area contributed by atoms with Gasteiger partial charge in [-0.2, -0.15) is 0 Å². The summed E-state index contributed by atoms with van der Waals surface area (Å²) in [5.74, 6) is -2.53. The SMILES string of the molecule is O=C(O)c1ccc(F)c(S(=O)Cc2cccc(F)c2)c1. The van der Waals surface area contributed by atoms with Gasteiger partial charge in [0.1, 0.15) is 11.6 Å². The van der Waals surface area contributed by atoms with E-state index in [2.05, 4.69) is 0 Å². The van der Waals surface area contributed by atoms with E-state index in [1.54, 1.807) is 6.07 Å². The van der Waals surface area contributed by atoms with Crippen molar-refractivity contribution in [2.24, 2.45) is 0 Å². The van der Waals surface area contributed by atoms with Crippen LogP contribution in [0.1, 0.15) is 15.9 Å². The summed E-state index contributed by atoms with van der Waals surface area (Å²) in [5.41, 5.74) is 0.303. The van der Waals surface area contributed by atoms with Crippen LogP contribution in [0.4, 0.5) is 8.78 Å². The van der Waals surface area contributed by atoms with Gasteiger partial charge in [-0.15, -0.1) is 0 Å². The first kappa shape index (κ1) is 14.3. The number of benzene rings is 2. The number of rotatable bonds is 4. The molecule has 0 radical (unpaired) electrons. The number of halogens is 2. The Morgan fingerprint density at radius 3 is 2.55 bits per heavy atom.